The summed E-state index contributed by atoms with van der Waals surface area (Å²) in [7, 11) is 0. The van der Waals surface area contributed by atoms with E-state index in [0.717, 1.165) is 42.5 Å². The van der Waals surface area contributed by atoms with Gasteiger partial charge in [-0.15, -0.1) is 0 Å². The average molecular weight is 286 g/mol. The highest BCUT2D eigenvalue weighted by molar-refractivity contribution is 5.92. The molecule has 0 atom stereocenters. The molecule has 1 rings (SSSR count). The SMILES string of the molecule is CCCC(CCC)C(=O)Nc1ccc(C)c(C#CCN)c1. The maximum Gasteiger partial charge on any atom is 0.227 e. The summed E-state index contributed by atoms with van der Waals surface area (Å²) in [4.78, 5) is 12.3. The monoisotopic (exact) mass is 286 g/mol. The van der Waals surface area contributed by atoms with Crippen molar-refractivity contribution in [2.45, 2.75) is 46.5 Å². The summed E-state index contributed by atoms with van der Waals surface area (Å²) in [6, 6.07) is 5.82. The smallest absolute Gasteiger partial charge is 0.227 e. The third kappa shape index (κ3) is 5.61. The van der Waals surface area contributed by atoms with Gasteiger partial charge in [-0.3, -0.25) is 4.79 Å². The highest BCUT2D eigenvalue weighted by Crippen LogP contribution is 2.19. The number of nitrogens with one attached hydrogen (secondary N) is 1. The zero-order chi connectivity index (χ0) is 15.7. The number of hydrogen-bond donors (Lipinski definition) is 2. The van der Waals surface area contributed by atoms with Crippen LogP contribution in [0.3, 0.4) is 0 Å². The molecule has 114 valence electrons. The van der Waals surface area contributed by atoms with E-state index in [1.807, 2.05) is 25.1 Å². The van der Waals surface area contributed by atoms with E-state index in [9.17, 15) is 4.79 Å². The Balaban J connectivity index is 2.84. The Morgan fingerprint density at radius 3 is 2.52 bits per heavy atom. The lowest BCUT2D eigenvalue weighted by Crippen LogP contribution is -2.22. The van der Waals surface area contributed by atoms with Gasteiger partial charge < -0.3 is 11.1 Å². The molecular weight excluding hydrogens is 260 g/mol. The van der Waals surface area contributed by atoms with Gasteiger partial charge in [0.2, 0.25) is 5.91 Å². The van der Waals surface area contributed by atoms with Crippen LogP contribution in [0.2, 0.25) is 0 Å². The largest absolute Gasteiger partial charge is 0.326 e. The Bertz CT molecular complexity index is 520. The van der Waals surface area contributed by atoms with Crippen molar-refractivity contribution in [3.63, 3.8) is 0 Å². The molecule has 0 spiro atoms. The van der Waals surface area contributed by atoms with Crippen LogP contribution in [-0.4, -0.2) is 12.5 Å². The van der Waals surface area contributed by atoms with Gasteiger partial charge in [0.1, 0.15) is 0 Å². The van der Waals surface area contributed by atoms with Crippen molar-refractivity contribution in [1.29, 1.82) is 0 Å². The van der Waals surface area contributed by atoms with Crippen LogP contribution in [0.4, 0.5) is 5.69 Å². The van der Waals surface area contributed by atoms with Crippen LogP contribution in [0.1, 0.15) is 50.7 Å². The number of carbonyl (C=O) groups excluding carboxylic acids is 1. The normalized spacial score (nSPS) is 10.1. The minimum atomic E-state index is 0.0971. The maximum atomic E-state index is 12.3. The van der Waals surface area contributed by atoms with Crippen molar-refractivity contribution in [3.05, 3.63) is 29.3 Å². The van der Waals surface area contributed by atoms with Gasteiger partial charge in [0.15, 0.2) is 0 Å². The first-order valence-corrected chi connectivity index (χ1v) is 7.72. The van der Waals surface area contributed by atoms with E-state index in [1.165, 1.54) is 0 Å². The lowest BCUT2D eigenvalue weighted by Gasteiger charge is -2.15. The molecule has 0 aromatic heterocycles. The van der Waals surface area contributed by atoms with Crippen LogP contribution in [0.5, 0.6) is 0 Å². The van der Waals surface area contributed by atoms with Crippen molar-refractivity contribution in [2.24, 2.45) is 11.7 Å². The standard InChI is InChI=1S/C18H26N2O/c1-4-7-15(8-5-2)18(21)20-17-11-10-14(3)16(13-17)9-6-12-19/h10-11,13,15H,4-5,7-8,12,19H2,1-3H3,(H,20,21). The Kier molecular flexibility index (Phi) is 7.56. The highest BCUT2D eigenvalue weighted by Gasteiger charge is 2.16. The molecule has 0 aliphatic rings. The van der Waals surface area contributed by atoms with E-state index >= 15 is 0 Å². The predicted octanol–water partition coefficient (Wildman–Crippen LogP) is 3.46. The Labute approximate surface area is 128 Å². The Morgan fingerprint density at radius 1 is 1.29 bits per heavy atom. The molecule has 1 aromatic rings. The summed E-state index contributed by atoms with van der Waals surface area (Å²) in [5, 5.41) is 3.02. The molecule has 0 heterocycles. The van der Waals surface area contributed by atoms with E-state index in [4.69, 9.17) is 5.73 Å². The van der Waals surface area contributed by atoms with Crippen LogP contribution in [-0.2, 0) is 4.79 Å². The molecule has 0 bridgehead atoms. The summed E-state index contributed by atoms with van der Waals surface area (Å²) in [6.07, 6.45) is 3.93. The minimum Gasteiger partial charge on any atom is -0.326 e. The van der Waals surface area contributed by atoms with Gasteiger partial charge in [0, 0.05) is 17.2 Å². The predicted molar refractivity (Wildman–Crippen MR) is 89.0 cm³/mol. The zero-order valence-electron chi connectivity index (χ0n) is 13.3. The minimum absolute atomic E-state index is 0.0971. The van der Waals surface area contributed by atoms with Crippen LogP contribution in [0, 0.1) is 24.7 Å². The lowest BCUT2D eigenvalue weighted by molar-refractivity contribution is -0.120. The fourth-order valence-corrected chi connectivity index (χ4v) is 2.33. The summed E-state index contributed by atoms with van der Waals surface area (Å²) in [6.45, 7) is 6.57. The van der Waals surface area contributed by atoms with Gasteiger partial charge in [-0.1, -0.05) is 44.6 Å². The second-order valence-electron chi connectivity index (χ2n) is 5.30. The third-order valence-corrected chi connectivity index (χ3v) is 3.48. The summed E-state index contributed by atoms with van der Waals surface area (Å²) >= 11 is 0. The van der Waals surface area contributed by atoms with E-state index < -0.39 is 0 Å². The number of nitrogens with two attached hydrogens (primary N) is 1. The second kappa shape index (κ2) is 9.20. The summed E-state index contributed by atoms with van der Waals surface area (Å²) < 4.78 is 0. The second-order valence-corrected chi connectivity index (χ2v) is 5.30. The quantitative estimate of drug-likeness (QED) is 0.787. The van der Waals surface area contributed by atoms with Crippen molar-refractivity contribution in [2.75, 3.05) is 11.9 Å². The third-order valence-electron chi connectivity index (χ3n) is 3.48. The van der Waals surface area contributed by atoms with Crippen LogP contribution >= 0.6 is 0 Å². The van der Waals surface area contributed by atoms with Crippen LogP contribution in [0.15, 0.2) is 18.2 Å². The fourth-order valence-electron chi connectivity index (χ4n) is 2.33. The Hall–Kier alpha value is -1.79. The molecule has 1 amide bonds. The molecular formula is C18H26N2O. The van der Waals surface area contributed by atoms with Gasteiger partial charge in [-0.25, -0.2) is 0 Å². The number of benzene rings is 1. The number of carbonyl (C=O) groups is 1. The van der Waals surface area contributed by atoms with E-state index in [1.54, 1.807) is 0 Å². The molecule has 0 aliphatic heterocycles. The molecule has 0 aliphatic carbocycles. The maximum absolute atomic E-state index is 12.3. The molecule has 0 radical (unpaired) electrons. The van der Waals surface area contributed by atoms with Crippen molar-refractivity contribution in [3.8, 4) is 11.8 Å². The first-order valence-electron chi connectivity index (χ1n) is 7.72. The number of anilines is 1. The van der Waals surface area contributed by atoms with Crippen molar-refractivity contribution >= 4 is 11.6 Å². The van der Waals surface area contributed by atoms with Gasteiger partial charge >= 0.3 is 0 Å². The molecule has 21 heavy (non-hydrogen) atoms. The lowest BCUT2D eigenvalue weighted by atomic mass is 9.97. The summed E-state index contributed by atoms with van der Waals surface area (Å²) in [5.74, 6) is 6.10. The van der Waals surface area contributed by atoms with E-state index in [0.29, 0.717) is 6.54 Å². The first-order chi connectivity index (χ1) is 10.1. The van der Waals surface area contributed by atoms with Crippen LogP contribution < -0.4 is 11.1 Å². The zero-order valence-corrected chi connectivity index (χ0v) is 13.3. The first kappa shape index (κ1) is 17.3. The van der Waals surface area contributed by atoms with E-state index in [2.05, 4.69) is 31.0 Å². The number of aryl methyl sites for hydroxylation is 1. The van der Waals surface area contributed by atoms with Gasteiger partial charge in [0.05, 0.1) is 6.54 Å². The molecule has 3 N–H and O–H groups in total. The van der Waals surface area contributed by atoms with Crippen molar-refractivity contribution < 1.29 is 4.79 Å². The highest BCUT2D eigenvalue weighted by atomic mass is 16.1. The molecule has 3 nitrogen and oxygen atoms in total. The number of amides is 1. The molecule has 0 fully saturated rings. The average Bonchev–Trinajstić information content (AvgIpc) is 2.47. The number of hydrogen-bond acceptors (Lipinski definition) is 2. The van der Waals surface area contributed by atoms with Crippen LogP contribution in [0.25, 0.3) is 0 Å². The topological polar surface area (TPSA) is 55.1 Å². The molecule has 0 unspecified atom stereocenters. The molecule has 3 heteroatoms. The van der Waals surface area contributed by atoms with Gasteiger partial charge in [-0.05, 0) is 37.5 Å². The fraction of sp³-hybridized carbons (Fsp3) is 0.500. The molecule has 0 saturated heterocycles. The van der Waals surface area contributed by atoms with Gasteiger partial charge in [-0.2, -0.15) is 0 Å². The Morgan fingerprint density at radius 2 is 1.95 bits per heavy atom. The number of rotatable bonds is 6. The van der Waals surface area contributed by atoms with E-state index in [-0.39, 0.29) is 11.8 Å². The molecule has 0 saturated carbocycles. The van der Waals surface area contributed by atoms with Crippen molar-refractivity contribution in [1.82, 2.24) is 0 Å². The van der Waals surface area contributed by atoms with Gasteiger partial charge in [0.25, 0.3) is 0 Å². The summed E-state index contributed by atoms with van der Waals surface area (Å²) in [5.41, 5.74) is 8.23. The molecule has 1 aromatic carbocycles.